The molecule has 1 N–H and O–H groups in total. The Morgan fingerprint density at radius 1 is 1.48 bits per heavy atom. The summed E-state index contributed by atoms with van der Waals surface area (Å²) in [5, 5.41) is 6.24. The molecule has 2 aromatic rings. The molecular weight excluding hydrogens is 336 g/mol. The number of carbonyl (C=O) groups excluding carboxylic acids is 1. The lowest BCUT2D eigenvalue weighted by atomic mass is 9.96. The number of fused-ring (bicyclic) bond motifs is 1. The van der Waals surface area contributed by atoms with Crippen molar-refractivity contribution in [3.8, 4) is 11.5 Å². The minimum Gasteiger partial charge on any atom is -0.497 e. The molecule has 6 heteroatoms. The highest BCUT2D eigenvalue weighted by molar-refractivity contribution is 7.09. The van der Waals surface area contributed by atoms with Crippen LogP contribution >= 0.6 is 11.3 Å². The van der Waals surface area contributed by atoms with Gasteiger partial charge in [-0.25, -0.2) is 4.98 Å². The largest absolute Gasteiger partial charge is 0.497 e. The molecule has 0 saturated heterocycles. The molecule has 3 rings (SSSR count). The Morgan fingerprint density at radius 2 is 2.32 bits per heavy atom. The van der Waals surface area contributed by atoms with E-state index in [2.05, 4.69) is 29.5 Å². The minimum atomic E-state index is -0.150. The van der Waals surface area contributed by atoms with E-state index in [0.717, 1.165) is 34.2 Å². The molecule has 0 aliphatic carbocycles. The van der Waals surface area contributed by atoms with Crippen molar-refractivity contribution in [2.24, 2.45) is 5.92 Å². The number of nitrogens with one attached hydrogen (secondary N) is 1. The topological polar surface area (TPSA) is 60.5 Å². The molecule has 1 aromatic heterocycles. The van der Waals surface area contributed by atoms with Gasteiger partial charge in [0, 0.05) is 30.3 Å². The van der Waals surface area contributed by atoms with Gasteiger partial charge in [0.15, 0.2) is 0 Å². The Bertz CT molecular complexity index is 742. The van der Waals surface area contributed by atoms with Crippen molar-refractivity contribution in [1.82, 2.24) is 10.3 Å². The van der Waals surface area contributed by atoms with Crippen LogP contribution in [-0.4, -0.2) is 31.2 Å². The molecule has 25 heavy (non-hydrogen) atoms. The van der Waals surface area contributed by atoms with E-state index in [-0.39, 0.29) is 11.8 Å². The summed E-state index contributed by atoms with van der Waals surface area (Å²) in [6.07, 6.45) is 1.45. The first-order valence-corrected chi connectivity index (χ1v) is 9.46. The van der Waals surface area contributed by atoms with Crippen LogP contribution in [0.4, 0.5) is 0 Å². The van der Waals surface area contributed by atoms with Crippen molar-refractivity contribution in [1.29, 1.82) is 0 Å². The van der Waals surface area contributed by atoms with Crippen LogP contribution in [-0.2, 0) is 17.6 Å². The van der Waals surface area contributed by atoms with Gasteiger partial charge in [0.1, 0.15) is 18.1 Å². The van der Waals surface area contributed by atoms with Gasteiger partial charge in [-0.05, 0) is 18.1 Å². The summed E-state index contributed by atoms with van der Waals surface area (Å²) in [6, 6.07) is 5.74. The number of carbonyl (C=O) groups is 1. The first-order chi connectivity index (χ1) is 12.1. The quantitative estimate of drug-likeness (QED) is 0.859. The van der Waals surface area contributed by atoms with Crippen LogP contribution in [0.1, 0.15) is 36.0 Å². The molecule has 0 radical (unpaired) electrons. The Hall–Kier alpha value is -2.08. The lowest BCUT2D eigenvalue weighted by molar-refractivity contribution is -0.126. The van der Waals surface area contributed by atoms with Crippen molar-refractivity contribution in [3.05, 3.63) is 39.8 Å². The van der Waals surface area contributed by atoms with Gasteiger partial charge >= 0.3 is 0 Å². The van der Waals surface area contributed by atoms with Crippen LogP contribution in [0, 0.1) is 5.92 Å². The molecule has 1 aromatic carbocycles. The number of ether oxygens (including phenoxy) is 2. The third-order valence-electron chi connectivity index (χ3n) is 4.30. The number of methoxy groups -OCH3 is 1. The van der Waals surface area contributed by atoms with Gasteiger partial charge in [0.2, 0.25) is 5.91 Å². The standard InChI is InChI=1S/C19H24N2O3S/c1-12(2)19-21-15(11-25-19)6-7-20-18(22)14-8-13-4-5-16(23-3)9-17(13)24-10-14/h4-5,9,11-12,14H,6-8,10H2,1-3H3,(H,20,22). The van der Waals surface area contributed by atoms with E-state index in [1.165, 1.54) is 0 Å². The van der Waals surface area contributed by atoms with Gasteiger partial charge in [0.25, 0.3) is 0 Å². The molecule has 134 valence electrons. The van der Waals surface area contributed by atoms with Crippen LogP contribution in [0.5, 0.6) is 11.5 Å². The molecular formula is C19H24N2O3S. The predicted molar refractivity (Wildman–Crippen MR) is 98.6 cm³/mol. The number of aromatic nitrogens is 1. The molecule has 1 aliphatic heterocycles. The summed E-state index contributed by atoms with van der Waals surface area (Å²) in [5.41, 5.74) is 2.10. The second-order valence-electron chi connectivity index (χ2n) is 6.56. The fraction of sp³-hybridized carbons (Fsp3) is 0.474. The Kier molecular flexibility index (Phi) is 5.58. The van der Waals surface area contributed by atoms with Gasteiger partial charge in [-0.2, -0.15) is 0 Å². The Balaban J connectivity index is 1.50. The molecule has 0 bridgehead atoms. The zero-order chi connectivity index (χ0) is 17.8. The average molecular weight is 360 g/mol. The number of hydrogen-bond acceptors (Lipinski definition) is 5. The van der Waals surface area contributed by atoms with E-state index in [4.69, 9.17) is 9.47 Å². The van der Waals surface area contributed by atoms with Crippen LogP contribution in [0.2, 0.25) is 0 Å². The minimum absolute atomic E-state index is 0.0424. The maximum Gasteiger partial charge on any atom is 0.226 e. The first-order valence-electron chi connectivity index (χ1n) is 8.58. The van der Waals surface area contributed by atoms with Crippen molar-refractivity contribution in [3.63, 3.8) is 0 Å². The first kappa shape index (κ1) is 17.7. The fourth-order valence-corrected chi connectivity index (χ4v) is 3.68. The van der Waals surface area contributed by atoms with Gasteiger partial charge in [0.05, 0.1) is 23.7 Å². The molecule has 0 fully saturated rings. The molecule has 1 atom stereocenters. The second-order valence-corrected chi connectivity index (χ2v) is 7.45. The van der Waals surface area contributed by atoms with Gasteiger partial charge in [-0.15, -0.1) is 11.3 Å². The third kappa shape index (κ3) is 4.31. The highest BCUT2D eigenvalue weighted by Gasteiger charge is 2.26. The number of benzene rings is 1. The zero-order valence-electron chi connectivity index (χ0n) is 14.9. The van der Waals surface area contributed by atoms with Crippen molar-refractivity contribution in [2.45, 2.75) is 32.6 Å². The van der Waals surface area contributed by atoms with Gasteiger partial charge in [-0.1, -0.05) is 19.9 Å². The fourth-order valence-electron chi connectivity index (χ4n) is 2.81. The summed E-state index contributed by atoms with van der Waals surface area (Å²) in [5.74, 6) is 1.92. The van der Waals surface area contributed by atoms with Crippen LogP contribution in [0.25, 0.3) is 0 Å². The van der Waals surface area contributed by atoms with Gasteiger partial charge in [-0.3, -0.25) is 4.79 Å². The van der Waals surface area contributed by atoms with E-state index in [0.29, 0.717) is 25.5 Å². The summed E-state index contributed by atoms with van der Waals surface area (Å²) in [6.45, 7) is 5.29. The van der Waals surface area contributed by atoms with E-state index in [1.807, 2.05) is 18.2 Å². The van der Waals surface area contributed by atoms with Crippen molar-refractivity contribution >= 4 is 17.2 Å². The lowest BCUT2D eigenvalue weighted by Gasteiger charge is -2.25. The van der Waals surface area contributed by atoms with Crippen LogP contribution in [0.15, 0.2) is 23.6 Å². The van der Waals surface area contributed by atoms with Crippen LogP contribution < -0.4 is 14.8 Å². The normalized spacial score (nSPS) is 16.2. The second kappa shape index (κ2) is 7.87. The number of amides is 1. The monoisotopic (exact) mass is 360 g/mol. The highest BCUT2D eigenvalue weighted by atomic mass is 32.1. The average Bonchev–Trinajstić information content (AvgIpc) is 3.10. The Labute approximate surface area is 152 Å². The Morgan fingerprint density at radius 3 is 3.04 bits per heavy atom. The smallest absolute Gasteiger partial charge is 0.226 e. The molecule has 0 saturated carbocycles. The highest BCUT2D eigenvalue weighted by Crippen LogP contribution is 2.31. The number of rotatable bonds is 6. The summed E-state index contributed by atoms with van der Waals surface area (Å²) >= 11 is 1.69. The lowest BCUT2D eigenvalue weighted by Crippen LogP contribution is -2.38. The molecule has 1 unspecified atom stereocenters. The summed E-state index contributed by atoms with van der Waals surface area (Å²) in [4.78, 5) is 17.0. The SMILES string of the molecule is COc1ccc2c(c1)OCC(C(=O)NCCc1csc(C(C)C)n1)C2. The van der Waals surface area contributed by atoms with E-state index >= 15 is 0 Å². The van der Waals surface area contributed by atoms with Crippen molar-refractivity contribution in [2.75, 3.05) is 20.3 Å². The summed E-state index contributed by atoms with van der Waals surface area (Å²) < 4.78 is 10.9. The molecule has 0 spiro atoms. The maximum atomic E-state index is 12.4. The van der Waals surface area contributed by atoms with E-state index < -0.39 is 0 Å². The molecule has 1 amide bonds. The third-order valence-corrected chi connectivity index (χ3v) is 5.49. The molecule has 5 nitrogen and oxygen atoms in total. The number of thiazole rings is 1. The number of nitrogens with zero attached hydrogens (tertiary/aromatic N) is 1. The van der Waals surface area contributed by atoms with E-state index in [9.17, 15) is 4.79 Å². The molecule has 1 aliphatic rings. The zero-order valence-corrected chi connectivity index (χ0v) is 15.7. The summed E-state index contributed by atoms with van der Waals surface area (Å²) in [7, 11) is 1.63. The van der Waals surface area contributed by atoms with Gasteiger partial charge < -0.3 is 14.8 Å². The van der Waals surface area contributed by atoms with Crippen LogP contribution in [0.3, 0.4) is 0 Å². The molecule has 2 heterocycles. The number of hydrogen-bond donors (Lipinski definition) is 1. The predicted octanol–water partition coefficient (Wildman–Crippen LogP) is 3.19. The van der Waals surface area contributed by atoms with Crippen molar-refractivity contribution < 1.29 is 14.3 Å². The maximum absolute atomic E-state index is 12.4. The van der Waals surface area contributed by atoms with E-state index in [1.54, 1.807) is 18.4 Å².